The number of hydrogen-bond donors (Lipinski definition) is 1. The number of carbonyl (C=O) groups excluding carboxylic acids is 1. The lowest BCUT2D eigenvalue weighted by atomic mass is 10.1. The molecule has 0 aliphatic heterocycles. The van der Waals surface area contributed by atoms with Crippen LogP contribution in [0, 0.1) is 13.8 Å². The maximum atomic E-state index is 12.2. The second kappa shape index (κ2) is 5.66. The van der Waals surface area contributed by atoms with Crippen molar-refractivity contribution in [3.63, 3.8) is 0 Å². The van der Waals surface area contributed by atoms with E-state index < -0.39 is 0 Å². The van der Waals surface area contributed by atoms with E-state index in [2.05, 4.69) is 10.3 Å². The number of aromatic nitrogens is 1. The van der Waals surface area contributed by atoms with Crippen LogP contribution in [0.2, 0.25) is 0 Å². The fourth-order valence-electron chi connectivity index (χ4n) is 2.32. The lowest BCUT2D eigenvalue weighted by molar-refractivity contribution is 0.0950. The molecule has 0 aliphatic carbocycles. The number of carbonyl (C=O) groups is 1. The second-order valence-electron chi connectivity index (χ2n) is 5.08. The van der Waals surface area contributed by atoms with E-state index in [4.69, 9.17) is 0 Å². The van der Waals surface area contributed by atoms with E-state index in [0.717, 1.165) is 31.9 Å². The molecule has 2 aromatic carbocycles. The summed E-state index contributed by atoms with van der Waals surface area (Å²) < 4.78 is 1.15. The standard InChI is InChI=1S/C17H16N2OS/c1-11-7-8-13(12(2)9-11)17(20)18-10-16-19-14-5-3-4-6-15(14)21-16/h3-9H,10H2,1-2H3,(H,18,20). The molecule has 1 N–H and O–H groups in total. The van der Waals surface area contributed by atoms with E-state index in [0.29, 0.717) is 6.54 Å². The summed E-state index contributed by atoms with van der Waals surface area (Å²) in [5.41, 5.74) is 3.87. The number of nitrogens with one attached hydrogen (secondary N) is 1. The highest BCUT2D eigenvalue weighted by Gasteiger charge is 2.10. The number of rotatable bonds is 3. The highest BCUT2D eigenvalue weighted by Crippen LogP contribution is 2.21. The van der Waals surface area contributed by atoms with Gasteiger partial charge < -0.3 is 5.32 Å². The van der Waals surface area contributed by atoms with Crippen molar-refractivity contribution in [1.82, 2.24) is 10.3 Å². The van der Waals surface area contributed by atoms with Crippen LogP contribution in [-0.4, -0.2) is 10.9 Å². The topological polar surface area (TPSA) is 42.0 Å². The van der Waals surface area contributed by atoms with Crippen LogP contribution < -0.4 is 5.32 Å². The average molecular weight is 296 g/mol. The van der Waals surface area contributed by atoms with Gasteiger partial charge in [0, 0.05) is 5.56 Å². The van der Waals surface area contributed by atoms with Gasteiger partial charge in [-0.15, -0.1) is 11.3 Å². The third kappa shape index (κ3) is 2.95. The zero-order valence-electron chi connectivity index (χ0n) is 12.0. The molecule has 1 amide bonds. The molecular formula is C17H16N2OS. The largest absolute Gasteiger partial charge is 0.346 e. The van der Waals surface area contributed by atoms with E-state index in [1.54, 1.807) is 11.3 Å². The van der Waals surface area contributed by atoms with Crippen LogP contribution in [0.15, 0.2) is 42.5 Å². The summed E-state index contributed by atoms with van der Waals surface area (Å²) in [6.07, 6.45) is 0. The van der Waals surface area contributed by atoms with Crippen molar-refractivity contribution >= 4 is 27.5 Å². The highest BCUT2D eigenvalue weighted by atomic mass is 32.1. The van der Waals surface area contributed by atoms with Gasteiger partial charge in [0.15, 0.2) is 0 Å². The molecule has 0 unspecified atom stereocenters. The molecule has 4 heteroatoms. The third-order valence-corrected chi connectivity index (χ3v) is 4.40. The van der Waals surface area contributed by atoms with E-state index in [1.807, 2.05) is 56.3 Å². The molecule has 0 saturated carbocycles. The zero-order chi connectivity index (χ0) is 14.8. The van der Waals surface area contributed by atoms with Gasteiger partial charge in [0.05, 0.1) is 16.8 Å². The fraction of sp³-hybridized carbons (Fsp3) is 0.176. The Bertz CT molecular complexity index is 774. The Balaban J connectivity index is 1.73. The van der Waals surface area contributed by atoms with E-state index in [1.165, 1.54) is 0 Å². The Morgan fingerprint density at radius 3 is 2.76 bits per heavy atom. The minimum atomic E-state index is -0.0493. The Morgan fingerprint density at radius 1 is 1.19 bits per heavy atom. The van der Waals surface area contributed by atoms with Crippen LogP contribution in [0.1, 0.15) is 26.5 Å². The number of fused-ring (bicyclic) bond motifs is 1. The van der Waals surface area contributed by atoms with E-state index in [-0.39, 0.29) is 5.91 Å². The number of thiazole rings is 1. The first-order chi connectivity index (χ1) is 10.1. The molecule has 3 rings (SSSR count). The average Bonchev–Trinajstić information content (AvgIpc) is 2.87. The number of aryl methyl sites for hydroxylation is 2. The zero-order valence-corrected chi connectivity index (χ0v) is 12.8. The number of hydrogen-bond acceptors (Lipinski definition) is 3. The van der Waals surface area contributed by atoms with Gasteiger partial charge >= 0.3 is 0 Å². The van der Waals surface area contributed by atoms with Gasteiger partial charge in [0.1, 0.15) is 5.01 Å². The highest BCUT2D eigenvalue weighted by molar-refractivity contribution is 7.18. The van der Waals surface area contributed by atoms with E-state index in [9.17, 15) is 4.79 Å². The summed E-state index contributed by atoms with van der Waals surface area (Å²) in [6.45, 7) is 4.45. The van der Waals surface area contributed by atoms with Gasteiger partial charge in [-0.1, -0.05) is 29.8 Å². The smallest absolute Gasteiger partial charge is 0.251 e. The number of nitrogens with zero attached hydrogens (tertiary/aromatic N) is 1. The molecule has 0 atom stereocenters. The predicted molar refractivity (Wildman–Crippen MR) is 86.7 cm³/mol. The second-order valence-corrected chi connectivity index (χ2v) is 6.19. The van der Waals surface area contributed by atoms with Gasteiger partial charge in [0.2, 0.25) is 0 Å². The summed E-state index contributed by atoms with van der Waals surface area (Å²) in [5.74, 6) is -0.0493. The van der Waals surface area contributed by atoms with Gasteiger partial charge in [-0.25, -0.2) is 4.98 Å². The quantitative estimate of drug-likeness (QED) is 0.798. The van der Waals surface area contributed by atoms with Crippen LogP contribution in [0.5, 0.6) is 0 Å². The van der Waals surface area contributed by atoms with Crippen LogP contribution >= 0.6 is 11.3 Å². The molecule has 1 heterocycles. The molecule has 21 heavy (non-hydrogen) atoms. The van der Waals surface area contributed by atoms with Gasteiger partial charge in [-0.2, -0.15) is 0 Å². The molecule has 0 radical (unpaired) electrons. The molecule has 0 saturated heterocycles. The molecule has 0 aliphatic rings. The molecule has 1 aromatic heterocycles. The maximum Gasteiger partial charge on any atom is 0.251 e. The van der Waals surface area contributed by atoms with Crippen molar-refractivity contribution in [2.75, 3.05) is 0 Å². The first kappa shape index (κ1) is 13.8. The molecule has 3 nitrogen and oxygen atoms in total. The number of benzene rings is 2. The SMILES string of the molecule is Cc1ccc(C(=O)NCc2nc3ccccc3s2)c(C)c1. The first-order valence-electron chi connectivity index (χ1n) is 6.83. The third-order valence-electron chi connectivity index (χ3n) is 3.36. The fourth-order valence-corrected chi connectivity index (χ4v) is 3.22. The van der Waals surface area contributed by atoms with Crippen molar-refractivity contribution in [2.45, 2.75) is 20.4 Å². The van der Waals surface area contributed by atoms with Crippen LogP contribution in [0.25, 0.3) is 10.2 Å². The van der Waals surface area contributed by atoms with Crippen LogP contribution in [-0.2, 0) is 6.54 Å². The maximum absolute atomic E-state index is 12.2. The lowest BCUT2D eigenvalue weighted by Crippen LogP contribution is -2.23. The number of amides is 1. The molecule has 0 bridgehead atoms. The molecule has 106 valence electrons. The van der Waals surface area contributed by atoms with Crippen molar-refractivity contribution in [2.24, 2.45) is 0 Å². The monoisotopic (exact) mass is 296 g/mol. The summed E-state index contributed by atoms with van der Waals surface area (Å²) in [4.78, 5) is 16.7. The first-order valence-corrected chi connectivity index (χ1v) is 7.65. The molecular weight excluding hydrogens is 280 g/mol. The summed E-state index contributed by atoms with van der Waals surface area (Å²) >= 11 is 1.62. The van der Waals surface area contributed by atoms with Crippen molar-refractivity contribution in [3.8, 4) is 0 Å². The van der Waals surface area contributed by atoms with Crippen LogP contribution in [0.3, 0.4) is 0 Å². The number of para-hydroxylation sites is 1. The Morgan fingerprint density at radius 2 is 2.00 bits per heavy atom. The van der Waals surface area contributed by atoms with Gasteiger partial charge in [0.25, 0.3) is 5.91 Å². The Labute approximate surface area is 127 Å². The van der Waals surface area contributed by atoms with Gasteiger partial charge in [-0.05, 0) is 37.6 Å². The van der Waals surface area contributed by atoms with Crippen LogP contribution in [0.4, 0.5) is 0 Å². The van der Waals surface area contributed by atoms with Crippen molar-refractivity contribution in [1.29, 1.82) is 0 Å². The summed E-state index contributed by atoms with van der Waals surface area (Å²) in [6, 6.07) is 13.9. The Kier molecular flexibility index (Phi) is 3.71. The van der Waals surface area contributed by atoms with Crippen molar-refractivity contribution in [3.05, 3.63) is 64.2 Å². The minimum Gasteiger partial charge on any atom is -0.346 e. The minimum absolute atomic E-state index is 0.0493. The Hall–Kier alpha value is -2.20. The molecule has 0 spiro atoms. The van der Waals surface area contributed by atoms with Gasteiger partial charge in [-0.3, -0.25) is 4.79 Å². The molecule has 3 aromatic rings. The predicted octanol–water partition coefficient (Wildman–Crippen LogP) is 3.84. The summed E-state index contributed by atoms with van der Waals surface area (Å²) in [5, 5.41) is 3.87. The normalized spacial score (nSPS) is 10.8. The lowest BCUT2D eigenvalue weighted by Gasteiger charge is -2.07. The van der Waals surface area contributed by atoms with E-state index >= 15 is 0 Å². The molecule has 0 fully saturated rings. The summed E-state index contributed by atoms with van der Waals surface area (Å²) in [7, 11) is 0. The van der Waals surface area contributed by atoms with Crippen molar-refractivity contribution < 1.29 is 4.79 Å².